The molecule has 6 nitrogen and oxygen atoms in total. The topological polar surface area (TPSA) is 71.6 Å². The zero-order valence-electron chi connectivity index (χ0n) is 11.8. The molecule has 3 N–H and O–H groups in total. The highest BCUT2D eigenvalue weighted by molar-refractivity contribution is 5.75. The van der Waals surface area contributed by atoms with E-state index in [0.29, 0.717) is 6.04 Å². The van der Waals surface area contributed by atoms with Crippen LogP contribution in [0.4, 0.5) is 0 Å². The summed E-state index contributed by atoms with van der Waals surface area (Å²) in [5, 5.41) is 9.80. The molecule has 0 spiro atoms. The van der Waals surface area contributed by atoms with E-state index in [1.54, 1.807) is 7.11 Å². The fourth-order valence-electron chi connectivity index (χ4n) is 2.08. The standard InChI is InChI=1S/C12H25N3O3/c1-7(2)10(11(16)18-5)15-12-13-8(3)6-9(14-12)17-4/h7-10,12-15H,6H2,1-5H3/t8?,9?,10-,12?/m1/s1. The van der Waals surface area contributed by atoms with Gasteiger partial charge in [0.05, 0.1) is 7.11 Å². The molecule has 1 saturated heterocycles. The third-order valence-corrected chi connectivity index (χ3v) is 3.12. The van der Waals surface area contributed by atoms with E-state index >= 15 is 0 Å². The molecule has 0 aromatic heterocycles. The Balaban J connectivity index is 2.60. The van der Waals surface area contributed by atoms with Crippen molar-refractivity contribution in [1.29, 1.82) is 0 Å². The van der Waals surface area contributed by atoms with E-state index in [9.17, 15) is 4.79 Å². The Morgan fingerprint density at radius 1 is 1.33 bits per heavy atom. The Morgan fingerprint density at radius 3 is 2.50 bits per heavy atom. The molecule has 1 aliphatic heterocycles. The zero-order valence-corrected chi connectivity index (χ0v) is 11.8. The van der Waals surface area contributed by atoms with Gasteiger partial charge in [-0.3, -0.25) is 20.7 Å². The lowest BCUT2D eigenvalue weighted by Crippen LogP contribution is -2.67. The molecule has 0 aromatic rings. The van der Waals surface area contributed by atoms with Crippen LogP contribution in [0.15, 0.2) is 0 Å². The molecule has 0 saturated carbocycles. The molecule has 0 amide bonds. The maximum Gasteiger partial charge on any atom is 0.323 e. The van der Waals surface area contributed by atoms with Crippen LogP contribution in [0.3, 0.4) is 0 Å². The molecule has 4 atom stereocenters. The van der Waals surface area contributed by atoms with Gasteiger partial charge in [0.1, 0.15) is 18.6 Å². The van der Waals surface area contributed by atoms with Gasteiger partial charge in [0, 0.05) is 19.6 Å². The number of esters is 1. The zero-order chi connectivity index (χ0) is 13.7. The van der Waals surface area contributed by atoms with Crippen molar-refractivity contribution < 1.29 is 14.3 Å². The van der Waals surface area contributed by atoms with Crippen molar-refractivity contribution in [3.63, 3.8) is 0 Å². The van der Waals surface area contributed by atoms with E-state index in [1.807, 2.05) is 13.8 Å². The second-order valence-corrected chi connectivity index (χ2v) is 5.04. The first-order valence-electron chi connectivity index (χ1n) is 6.36. The second-order valence-electron chi connectivity index (χ2n) is 5.04. The quantitative estimate of drug-likeness (QED) is 0.604. The molecule has 3 unspecified atom stereocenters. The highest BCUT2D eigenvalue weighted by Crippen LogP contribution is 2.09. The Labute approximate surface area is 109 Å². The van der Waals surface area contributed by atoms with E-state index < -0.39 is 0 Å². The van der Waals surface area contributed by atoms with Crippen LogP contribution in [0.5, 0.6) is 0 Å². The van der Waals surface area contributed by atoms with Gasteiger partial charge in [0.25, 0.3) is 0 Å². The average molecular weight is 259 g/mol. The van der Waals surface area contributed by atoms with Crippen LogP contribution >= 0.6 is 0 Å². The largest absolute Gasteiger partial charge is 0.468 e. The fourth-order valence-corrected chi connectivity index (χ4v) is 2.08. The molecular weight excluding hydrogens is 234 g/mol. The van der Waals surface area contributed by atoms with E-state index in [4.69, 9.17) is 9.47 Å². The van der Waals surface area contributed by atoms with E-state index in [2.05, 4.69) is 22.9 Å². The van der Waals surface area contributed by atoms with E-state index in [-0.39, 0.29) is 30.4 Å². The Morgan fingerprint density at radius 2 is 2.00 bits per heavy atom. The lowest BCUT2D eigenvalue weighted by Gasteiger charge is -2.37. The van der Waals surface area contributed by atoms with Crippen LogP contribution in [-0.2, 0) is 14.3 Å². The van der Waals surface area contributed by atoms with Crippen LogP contribution in [0.2, 0.25) is 0 Å². The molecule has 18 heavy (non-hydrogen) atoms. The maximum atomic E-state index is 11.7. The molecule has 106 valence electrons. The first-order valence-corrected chi connectivity index (χ1v) is 6.36. The summed E-state index contributed by atoms with van der Waals surface area (Å²) >= 11 is 0. The van der Waals surface area contributed by atoms with Crippen LogP contribution in [0.25, 0.3) is 0 Å². The van der Waals surface area contributed by atoms with Crippen molar-refractivity contribution in [3.05, 3.63) is 0 Å². The monoisotopic (exact) mass is 259 g/mol. The minimum atomic E-state index is -0.345. The summed E-state index contributed by atoms with van der Waals surface area (Å²) in [6.07, 6.45) is 0.716. The number of nitrogens with one attached hydrogen (secondary N) is 3. The van der Waals surface area contributed by atoms with Crippen molar-refractivity contribution in [2.45, 2.75) is 51.8 Å². The Kier molecular flexibility index (Phi) is 6.01. The van der Waals surface area contributed by atoms with Crippen molar-refractivity contribution in [2.24, 2.45) is 5.92 Å². The van der Waals surface area contributed by atoms with Gasteiger partial charge in [0.15, 0.2) is 0 Å². The van der Waals surface area contributed by atoms with Crippen molar-refractivity contribution in [1.82, 2.24) is 16.0 Å². The van der Waals surface area contributed by atoms with Gasteiger partial charge in [0.2, 0.25) is 0 Å². The number of carbonyl (C=O) groups is 1. The lowest BCUT2D eigenvalue weighted by molar-refractivity contribution is -0.145. The van der Waals surface area contributed by atoms with Crippen LogP contribution in [0, 0.1) is 5.92 Å². The van der Waals surface area contributed by atoms with Gasteiger partial charge >= 0.3 is 5.97 Å². The van der Waals surface area contributed by atoms with E-state index in [1.165, 1.54) is 7.11 Å². The Hall–Kier alpha value is -0.690. The normalized spacial score (nSPS) is 30.2. The first-order chi connectivity index (χ1) is 8.47. The van der Waals surface area contributed by atoms with Crippen molar-refractivity contribution in [2.75, 3.05) is 14.2 Å². The average Bonchev–Trinajstić information content (AvgIpc) is 2.34. The van der Waals surface area contributed by atoms with Crippen LogP contribution < -0.4 is 16.0 Å². The minimum absolute atomic E-state index is 0.00999. The number of carbonyl (C=O) groups excluding carboxylic acids is 1. The lowest BCUT2D eigenvalue weighted by atomic mass is 10.0. The third kappa shape index (κ3) is 4.20. The molecule has 6 heteroatoms. The van der Waals surface area contributed by atoms with Crippen LogP contribution in [0.1, 0.15) is 27.2 Å². The summed E-state index contributed by atoms with van der Waals surface area (Å²) in [6.45, 7) is 6.05. The molecule has 1 heterocycles. The summed E-state index contributed by atoms with van der Waals surface area (Å²) in [6, 6.07) is -0.0260. The molecule has 0 bridgehead atoms. The third-order valence-electron chi connectivity index (χ3n) is 3.12. The van der Waals surface area contributed by atoms with Gasteiger partial charge in [-0.1, -0.05) is 13.8 Å². The molecule has 0 radical (unpaired) electrons. The minimum Gasteiger partial charge on any atom is -0.468 e. The van der Waals surface area contributed by atoms with E-state index in [0.717, 1.165) is 6.42 Å². The van der Waals surface area contributed by atoms with Gasteiger partial charge in [-0.25, -0.2) is 0 Å². The van der Waals surface area contributed by atoms with Gasteiger partial charge in [-0.15, -0.1) is 0 Å². The van der Waals surface area contributed by atoms with Crippen molar-refractivity contribution >= 4 is 5.97 Å². The van der Waals surface area contributed by atoms with Crippen LogP contribution in [-0.4, -0.2) is 44.8 Å². The summed E-state index contributed by atoms with van der Waals surface area (Å²) in [4.78, 5) is 11.7. The first kappa shape index (κ1) is 15.4. The maximum absolute atomic E-state index is 11.7. The number of rotatable bonds is 5. The summed E-state index contributed by atoms with van der Waals surface area (Å²) in [5.41, 5.74) is 0. The summed E-state index contributed by atoms with van der Waals surface area (Å²) in [7, 11) is 3.08. The van der Waals surface area contributed by atoms with Gasteiger partial charge in [-0.2, -0.15) is 0 Å². The number of hydrogen-bond donors (Lipinski definition) is 3. The van der Waals surface area contributed by atoms with Crippen molar-refractivity contribution in [3.8, 4) is 0 Å². The highest BCUT2D eigenvalue weighted by Gasteiger charge is 2.30. The predicted octanol–water partition coefficient (Wildman–Crippen LogP) is 0.00110. The highest BCUT2D eigenvalue weighted by atomic mass is 16.5. The second kappa shape index (κ2) is 7.04. The van der Waals surface area contributed by atoms with Gasteiger partial charge < -0.3 is 9.47 Å². The van der Waals surface area contributed by atoms with Gasteiger partial charge in [-0.05, 0) is 12.8 Å². The molecule has 1 rings (SSSR count). The SMILES string of the molecule is COC(=O)[C@H](NC1NC(C)CC(OC)N1)C(C)C. The molecule has 0 aliphatic carbocycles. The fraction of sp³-hybridized carbons (Fsp3) is 0.917. The molecule has 1 fully saturated rings. The molecular formula is C12H25N3O3. The summed E-state index contributed by atoms with van der Waals surface area (Å²) < 4.78 is 10.1. The molecule has 0 aromatic carbocycles. The Bertz CT molecular complexity index is 273. The number of methoxy groups -OCH3 is 2. The predicted molar refractivity (Wildman–Crippen MR) is 68.7 cm³/mol. The summed E-state index contributed by atoms with van der Waals surface area (Å²) in [5.74, 6) is -0.0972. The molecule has 1 aliphatic rings. The smallest absolute Gasteiger partial charge is 0.323 e. The number of ether oxygens (including phenoxy) is 2. The number of hydrogen-bond acceptors (Lipinski definition) is 6.